The molecule has 0 aliphatic carbocycles. The minimum atomic E-state index is -3.89. The summed E-state index contributed by atoms with van der Waals surface area (Å²) in [5, 5.41) is 0.406. The molecule has 9 heteroatoms. The lowest BCUT2D eigenvalue weighted by molar-refractivity contribution is -0.118. The molecule has 2 aromatic carbocycles. The molecule has 0 aromatic heterocycles. The molecule has 1 aliphatic rings. The molecule has 1 aliphatic heterocycles. The number of hydrogen-bond donors (Lipinski definition) is 1. The van der Waals surface area contributed by atoms with E-state index in [1.54, 1.807) is 23.1 Å². The third-order valence-electron chi connectivity index (χ3n) is 4.42. The van der Waals surface area contributed by atoms with Crippen molar-refractivity contribution in [3.05, 3.63) is 58.1 Å². The number of nitrogens with one attached hydrogen (secondary N) is 1. The maximum atomic E-state index is 13.0. The summed E-state index contributed by atoms with van der Waals surface area (Å²) in [5.74, 6) is -0.177. The highest BCUT2D eigenvalue weighted by molar-refractivity contribution is 7.92. The van der Waals surface area contributed by atoms with Crippen LogP contribution in [-0.2, 0) is 14.8 Å². The highest BCUT2D eigenvalue weighted by Crippen LogP contribution is 2.27. The van der Waals surface area contributed by atoms with Crippen LogP contribution in [0, 0.1) is 0 Å². The zero-order valence-electron chi connectivity index (χ0n) is 16.3. The number of ether oxygens (including phenoxy) is 1. The molecular formula is C20H22Cl2N2O4S. The number of carbonyl (C=O) groups excluding carboxylic acids is 1. The molecule has 6 nitrogen and oxygen atoms in total. The first-order valence-corrected chi connectivity index (χ1v) is 11.3. The molecule has 1 amide bonds. The maximum Gasteiger partial charge on any atom is 0.261 e. The number of nitrogens with zero attached hydrogens (tertiary/aromatic N) is 1. The van der Waals surface area contributed by atoms with Gasteiger partial charge in [0.15, 0.2) is 0 Å². The Morgan fingerprint density at radius 3 is 2.55 bits per heavy atom. The van der Waals surface area contributed by atoms with E-state index in [4.69, 9.17) is 27.9 Å². The molecule has 1 atom stereocenters. The molecule has 0 saturated carbocycles. The second-order valence-electron chi connectivity index (χ2n) is 7.64. The normalized spacial score (nSPS) is 19.1. The Kier molecular flexibility index (Phi) is 6.15. The van der Waals surface area contributed by atoms with E-state index in [0.717, 1.165) is 0 Å². The van der Waals surface area contributed by atoms with Gasteiger partial charge in [0.05, 0.1) is 26.6 Å². The van der Waals surface area contributed by atoms with Crippen LogP contribution in [0.3, 0.4) is 0 Å². The molecule has 1 N–H and O–H groups in total. The Balaban J connectivity index is 1.82. The molecule has 156 valence electrons. The average molecular weight is 457 g/mol. The Hall–Kier alpha value is -1.80. The van der Waals surface area contributed by atoms with Crippen LogP contribution >= 0.6 is 23.2 Å². The molecule has 29 heavy (non-hydrogen) atoms. The lowest BCUT2D eigenvalue weighted by atomic mass is 10.0. The molecule has 1 saturated heterocycles. The number of rotatable bonds is 4. The number of hydrogen-bond acceptors (Lipinski definition) is 4. The van der Waals surface area contributed by atoms with Gasteiger partial charge in [-0.1, -0.05) is 29.3 Å². The van der Waals surface area contributed by atoms with Crippen LogP contribution in [-0.4, -0.2) is 44.0 Å². The second-order valence-corrected chi connectivity index (χ2v) is 10.1. The number of sulfonamides is 1. The van der Waals surface area contributed by atoms with Gasteiger partial charge in [-0.05, 0) is 57.2 Å². The van der Waals surface area contributed by atoms with Gasteiger partial charge in [0.2, 0.25) is 0 Å². The van der Waals surface area contributed by atoms with Gasteiger partial charge >= 0.3 is 0 Å². The highest BCUT2D eigenvalue weighted by Gasteiger charge is 2.34. The minimum Gasteiger partial charge on any atom is -0.369 e. The molecular weight excluding hydrogens is 435 g/mol. The van der Waals surface area contributed by atoms with Gasteiger partial charge in [0.25, 0.3) is 15.9 Å². The second kappa shape index (κ2) is 8.14. The first-order chi connectivity index (χ1) is 13.5. The van der Waals surface area contributed by atoms with Crippen LogP contribution in [0.25, 0.3) is 0 Å². The highest BCUT2D eigenvalue weighted by atomic mass is 35.5. The molecule has 0 spiro atoms. The van der Waals surface area contributed by atoms with Crippen molar-refractivity contribution in [1.82, 2.24) is 4.90 Å². The summed E-state index contributed by atoms with van der Waals surface area (Å²) < 4.78 is 33.6. The van der Waals surface area contributed by atoms with Crippen molar-refractivity contribution in [3.8, 4) is 0 Å². The minimum absolute atomic E-state index is 0.0209. The summed E-state index contributed by atoms with van der Waals surface area (Å²) in [4.78, 5) is 14.7. The van der Waals surface area contributed by atoms with Crippen molar-refractivity contribution in [2.24, 2.45) is 0 Å². The van der Waals surface area contributed by atoms with E-state index in [0.29, 0.717) is 18.7 Å². The maximum absolute atomic E-state index is 13.0. The van der Waals surface area contributed by atoms with Gasteiger partial charge in [0, 0.05) is 24.3 Å². The molecule has 1 fully saturated rings. The summed E-state index contributed by atoms with van der Waals surface area (Å²) in [6.45, 7) is 6.72. The monoisotopic (exact) mass is 456 g/mol. The first kappa shape index (κ1) is 21.9. The van der Waals surface area contributed by atoms with Crippen molar-refractivity contribution in [2.75, 3.05) is 17.8 Å². The van der Waals surface area contributed by atoms with Crippen molar-refractivity contribution in [2.45, 2.75) is 37.4 Å². The largest absolute Gasteiger partial charge is 0.369 e. The number of carbonyl (C=O) groups is 1. The summed E-state index contributed by atoms with van der Waals surface area (Å²) in [5.41, 5.74) is 0.229. The number of halogens is 2. The Morgan fingerprint density at radius 1 is 1.17 bits per heavy atom. The third kappa shape index (κ3) is 5.22. The van der Waals surface area contributed by atoms with E-state index in [9.17, 15) is 13.2 Å². The fraction of sp³-hybridized carbons (Fsp3) is 0.350. The number of morpholine rings is 1. The predicted molar refractivity (Wildman–Crippen MR) is 114 cm³/mol. The Labute approximate surface area is 180 Å². The summed E-state index contributed by atoms with van der Waals surface area (Å²) in [6, 6.07) is 10.4. The quantitative estimate of drug-likeness (QED) is 0.737. The van der Waals surface area contributed by atoms with E-state index in [1.165, 1.54) is 24.3 Å². The van der Waals surface area contributed by atoms with Gasteiger partial charge in [-0.15, -0.1) is 0 Å². The van der Waals surface area contributed by atoms with E-state index >= 15 is 0 Å². The predicted octanol–water partition coefficient (Wildman–Crippen LogP) is 4.43. The van der Waals surface area contributed by atoms with Crippen molar-refractivity contribution >= 4 is 44.8 Å². The molecule has 3 rings (SSSR count). The van der Waals surface area contributed by atoms with Crippen LogP contribution in [0.5, 0.6) is 0 Å². The smallest absolute Gasteiger partial charge is 0.261 e. The standard InChI is InChI=1S/C20H22Cl2N2O4S/c1-13-11-24(12-20(2,3)28-13)19(25)14-5-4-6-15(9-14)23-29(26,27)16-7-8-17(21)18(22)10-16/h4-10,13,23H,11-12H2,1-3H3. The fourth-order valence-corrected chi connectivity index (χ4v) is 4.80. The van der Waals surface area contributed by atoms with E-state index in [1.807, 2.05) is 20.8 Å². The summed E-state index contributed by atoms with van der Waals surface area (Å²) >= 11 is 11.8. The zero-order valence-corrected chi connectivity index (χ0v) is 18.6. The number of benzene rings is 2. The van der Waals surface area contributed by atoms with E-state index < -0.39 is 15.6 Å². The zero-order chi connectivity index (χ0) is 21.4. The molecule has 0 radical (unpaired) electrons. The van der Waals surface area contributed by atoms with Crippen LogP contribution in [0.4, 0.5) is 5.69 Å². The third-order valence-corrected chi connectivity index (χ3v) is 6.54. The molecule has 2 aromatic rings. The van der Waals surface area contributed by atoms with Crippen LogP contribution in [0.1, 0.15) is 31.1 Å². The fourth-order valence-electron chi connectivity index (χ4n) is 3.36. The molecule has 0 bridgehead atoms. The van der Waals surface area contributed by atoms with E-state index in [-0.39, 0.29) is 32.6 Å². The lowest BCUT2D eigenvalue weighted by Gasteiger charge is -2.41. The Bertz CT molecular complexity index is 1040. The van der Waals surface area contributed by atoms with Crippen LogP contribution in [0.2, 0.25) is 10.0 Å². The number of amides is 1. The summed E-state index contributed by atoms with van der Waals surface area (Å²) in [6.07, 6.45) is -0.0842. The number of anilines is 1. The lowest BCUT2D eigenvalue weighted by Crippen LogP contribution is -2.53. The van der Waals surface area contributed by atoms with Gasteiger partial charge in [-0.25, -0.2) is 8.42 Å². The van der Waals surface area contributed by atoms with Crippen molar-refractivity contribution < 1.29 is 17.9 Å². The van der Waals surface area contributed by atoms with Gasteiger partial charge < -0.3 is 9.64 Å². The van der Waals surface area contributed by atoms with Crippen molar-refractivity contribution in [1.29, 1.82) is 0 Å². The summed E-state index contributed by atoms with van der Waals surface area (Å²) in [7, 11) is -3.89. The molecule has 1 unspecified atom stereocenters. The van der Waals surface area contributed by atoms with Gasteiger partial charge in [-0.2, -0.15) is 0 Å². The first-order valence-electron chi connectivity index (χ1n) is 9.02. The van der Waals surface area contributed by atoms with E-state index in [2.05, 4.69) is 4.72 Å². The Morgan fingerprint density at radius 2 is 1.90 bits per heavy atom. The van der Waals surface area contributed by atoms with Gasteiger partial charge in [0.1, 0.15) is 0 Å². The SMILES string of the molecule is CC1CN(C(=O)c2cccc(NS(=O)(=O)c3ccc(Cl)c(Cl)c3)c2)CC(C)(C)O1. The van der Waals surface area contributed by atoms with Gasteiger partial charge in [-0.3, -0.25) is 9.52 Å². The molecule has 1 heterocycles. The van der Waals surface area contributed by atoms with Crippen LogP contribution < -0.4 is 4.72 Å². The average Bonchev–Trinajstić information content (AvgIpc) is 2.61. The van der Waals surface area contributed by atoms with Crippen LogP contribution in [0.15, 0.2) is 47.4 Å². The van der Waals surface area contributed by atoms with Crippen molar-refractivity contribution in [3.63, 3.8) is 0 Å². The topological polar surface area (TPSA) is 75.7 Å².